The number of hydrogen-bond donors (Lipinski definition) is 2. The van der Waals surface area contributed by atoms with E-state index < -0.39 is 5.91 Å². The third-order valence-corrected chi connectivity index (χ3v) is 7.66. The van der Waals surface area contributed by atoms with Crippen LogP contribution in [0.1, 0.15) is 67.7 Å². The molecule has 0 bridgehead atoms. The Balaban J connectivity index is 2.37. The molecule has 0 aromatic rings. The van der Waals surface area contributed by atoms with Gasteiger partial charge in [-0.25, -0.2) is 0 Å². The molecule has 4 atom stereocenters. The molecule has 37 heavy (non-hydrogen) atoms. The normalized spacial score (nSPS) is 22.0. The van der Waals surface area contributed by atoms with Crippen LogP contribution in [0.3, 0.4) is 0 Å². The number of carbonyl (C=O) groups excluding carboxylic acids is 3. The number of nitrogens with zero attached hydrogens (tertiary/aromatic N) is 1. The highest BCUT2D eigenvalue weighted by molar-refractivity contribution is 6.04. The number of hydrogen-bond acceptors (Lipinski definition) is 4. The smallest absolute Gasteiger partial charge is 0.261 e. The summed E-state index contributed by atoms with van der Waals surface area (Å²) < 4.78 is 0. The van der Waals surface area contributed by atoms with Gasteiger partial charge in [-0.2, -0.15) is 0 Å². The molecule has 6 heteroatoms. The van der Waals surface area contributed by atoms with Gasteiger partial charge in [0.25, 0.3) is 5.91 Å². The van der Waals surface area contributed by atoms with Crippen molar-refractivity contribution in [1.82, 2.24) is 10.2 Å². The minimum absolute atomic E-state index is 0.0732. The van der Waals surface area contributed by atoms with Crippen LogP contribution in [0.25, 0.3) is 0 Å². The molecule has 0 aromatic carbocycles. The van der Waals surface area contributed by atoms with E-state index in [0.29, 0.717) is 23.3 Å². The topological polar surface area (TPSA) is 86.7 Å². The van der Waals surface area contributed by atoms with Gasteiger partial charge in [0.1, 0.15) is 0 Å². The van der Waals surface area contributed by atoms with E-state index in [1.165, 1.54) is 0 Å². The number of amides is 3. The number of aliphatic hydroxyl groups is 1. The van der Waals surface area contributed by atoms with Gasteiger partial charge in [0.15, 0.2) is 0 Å². The highest BCUT2D eigenvalue weighted by Gasteiger charge is 2.38. The average molecular weight is 509 g/mol. The lowest BCUT2D eigenvalue weighted by molar-refractivity contribution is -0.133. The minimum Gasteiger partial charge on any atom is -0.394 e. The fraction of sp³-hybridized carbons (Fsp3) is 0.516. The summed E-state index contributed by atoms with van der Waals surface area (Å²) in [4.78, 5) is 39.9. The van der Waals surface area contributed by atoms with Crippen molar-refractivity contribution >= 4 is 18.2 Å². The van der Waals surface area contributed by atoms with Gasteiger partial charge in [-0.1, -0.05) is 89.1 Å². The van der Waals surface area contributed by atoms with Crippen molar-refractivity contribution in [1.29, 1.82) is 0 Å². The van der Waals surface area contributed by atoms with Crippen LogP contribution in [-0.4, -0.2) is 40.9 Å². The average Bonchev–Trinajstić information content (AvgIpc) is 2.87. The quantitative estimate of drug-likeness (QED) is 0.273. The van der Waals surface area contributed by atoms with Crippen LogP contribution in [0.5, 0.6) is 0 Å². The number of carbonyl (C=O) groups is 3. The van der Waals surface area contributed by atoms with Gasteiger partial charge in [0.2, 0.25) is 12.3 Å². The Kier molecular flexibility index (Phi) is 11.1. The number of nitrogens with one attached hydrogen (secondary N) is 1. The molecular formula is C31H44N2O4. The van der Waals surface area contributed by atoms with Crippen LogP contribution in [0.4, 0.5) is 0 Å². The van der Waals surface area contributed by atoms with Crippen molar-refractivity contribution in [2.45, 2.75) is 73.8 Å². The van der Waals surface area contributed by atoms with Gasteiger partial charge in [-0.05, 0) is 44.1 Å². The molecule has 0 fully saturated rings. The van der Waals surface area contributed by atoms with Crippen LogP contribution < -0.4 is 5.32 Å². The zero-order chi connectivity index (χ0) is 27.8. The van der Waals surface area contributed by atoms with E-state index in [-0.39, 0.29) is 41.7 Å². The van der Waals surface area contributed by atoms with Gasteiger partial charge in [0, 0.05) is 28.7 Å². The Morgan fingerprint density at radius 3 is 2.43 bits per heavy atom. The third kappa shape index (κ3) is 7.29. The third-order valence-electron chi connectivity index (χ3n) is 7.66. The van der Waals surface area contributed by atoms with Gasteiger partial charge in [0.05, 0.1) is 12.6 Å². The molecule has 202 valence electrons. The molecule has 2 N–H and O–H groups in total. The summed E-state index contributed by atoms with van der Waals surface area (Å²) in [7, 11) is 0. The van der Waals surface area contributed by atoms with E-state index in [9.17, 15) is 19.5 Å². The van der Waals surface area contributed by atoms with Crippen LogP contribution in [-0.2, 0) is 14.4 Å². The van der Waals surface area contributed by atoms with Gasteiger partial charge in [-0.15, -0.1) is 0 Å². The molecule has 0 saturated heterocycles. The first-order valence-electron chi connectivity index (χ1n) is 13.4. The van der Waals surface area contributed by atoms with Crippen molar-refractivity contribution in [3.05, 3.63) is 71.0 Å². The lowest BCUT2D eigenvalue weighted by atomic mass is 9.71. The number of fused-ring (bicyclic) bond motifs is 1. The Hall–Kier alpha value is -2.99. The molecule has 2 rings (SSSR count). The molecule has 6 nitrogen and oxygen atoms in total. The molecule has 3 amide bonds. The predicted octanol–water partition coefficient (Wildman–Crippen LogP) is 5.40. The van der Waals surface area contributed by atoms with Crippen molar-refractivity contribution in [2.75, 3.05) is 6.61 Å². The number of allylic oxidation sites excluding steroid dienone is 10. The Labute approximate surface area is 222 Å². The zero-order valence-corrected chi connectivity index (χ0v) is 23.5. The summed E-state index contributed by atoms with van der Waals surface area (Å²) in [5.41, 5.74) is 2.57. The maximum absolute atomic E-state index is 13.6. The van der Waals surface area contributed by atoms with E-state index in [1.54, 1.807) is 25.2 Å². The first kappa shape index (κ1) is 30.2. The second-order valence-corrected chi connectivity index (χ2v) is 10.8. The van der Waals surface area contributed by atoms with Crippen LogP contribution >= 0.6 is 0 Å². The maximum Gasteiger partial charge on any atom is 0.261 e. The Morgan fingerprint density at radius 1 is 1.19 bits per heavy atom. The molecule has 0 saturated carbocycles. The highest BCUT2D eigenvalue weighted by Crippen LogP contribution is 2.40. The summed E-state index contributed by atoms with van der Waals surface area (Å²) in [5, 5.41) is 12.6. The second kappa shape index (κ2) is 13.5. The standard InChI is InChI=1S/C31H44N2O4/c1-8-17-31(7,9-2)18-11-13-23(6)33(20-35)30(37)25-15-16-26(28-22(5)12-10-14-24(25)28)29(36)32-27(19-34)21(3)4/h10-16,18,20-21,24,27-28,34H,8-9,17,19H2,1-7H3,(H,32,36)/b18-11-,23-13+. The summed E-state index contributed by atoms with van der Waals surface area (Å²) in [5.74, 6) is -1.27. The first-order chi connectivity index (χ1) is 17.5. The second-order valence-electron chi connectivity index (χ2n) is 10.8. The molecule has 0 aliphatic heterocycles. The Bertz CT molecular complexity index is 1040. The van der Waals surface area contributed by atoms with E-state index in [2.05, 4.69) is 32.2 Å². The largest absolute Gasteiger partial charge is 0.394 e. The van der Waals surface area contributed by atoms with E-state index in [0.717, 1.165) is 29.7 Å². The zero-order valence-electron chi connectivity index (χ0n) is 23.5. The summed E-state index contributed by atoms with van der Waals surface area (Å²) in [6.07, 6.45) is 18.7. The fourth-order valence-corrected chi connectivity index (χ4v) is 4.93. The predicted molar refractivity (Wildman–Crippen MR) is 149 cm³/mol. The van der Waals surface area contributed by atoms with Crippen LogP contribution in [0.2, 0.25) is 0 Å². The molecule has 0 spiro atoms. The number of imide groups is 1. The van der Waals surface area contributed by atoms with E-state index in [1.807, 2.05) is 45.1 Å². The highest BCUT2D eigenvalue weighted by atomic mass is 16.3. The van der Waals surface area contributed by atoms with E-state index in [4.69, 9.17) is 0 Å². The summed E-state index contributed by atoms with van der Waals surface area (Å²) >= 11 is 0. The van der Waals surface area contributed by atoms with Crippen LogP contribution in [0, 0.1) is 23.2 Å². The van der Waals surface area contributed by atoms with Crippen molar-refractivity contribution in [2.24, 2.45) is 23.2 Å². The molecular weight excluding hydrogens is 464 g/mol. The van der Waals surface area contributed by atoms with Crippen molar-refractivity contribution in [3.63, 3.8) is 0 Å². The lowest BCUT2D eigenvalue weighted by Crippen LogP contribution is -2.44. The van der Waals surface area contributed by atoms with Gasteiger partial charge < -0.3 is 10.4 Å². The molecule has 2 aliphatic carbocycles. The minimum atomic E-state index is -0.399. The molecule has 0 aromatic heterocycles. The van der Waals surface area contributed by atoms with Gasteiger partial charge in [-0.3, -0.25) is 19.3 Å². The lowest BCUT2D eigenvalue weighted by Gasteiger charge is -2.35. The molecule has 4 unspecified atom stereocenters. The maximum atomic E-state index is 13.6. The molecule has 0 heterocycles. The van der Waals surface area contributed by atoms with E-state index >= 15 is 0 Å². The van der Waals surface area contributed by atoms with Crippen molar-refractivity contribution in [3.8, 4) is 0 Å². The summed E-state index contributed by atoms with van der Waals surface area (Å²) in [6.45, 7) is 14.0. The monoisotopic (exact) mass is 508 g/mol. The van der Waals surface area contributed by atoms with Crippen LogP contribution in [0.15, 0.2) is 71.0 Å². The number of aliphatic hydroxyl groups excluding tert-OH is 1. The van der Waals surface area contributed by atoms with Gasteiger partial charge >= 0.3 is 0 Å². The molecule has 0 radical (unpaired) electrons. The molecule has 2 aliphatic rings. The number of rotatable bonds is 12. The SMILES string of the molecule is CCCC(C)(/C=C\C=C(/C)N(C=O)C(=O)C1=CC=C(C(=O)NC(CO)C(C)C)C2C(C)=CC=CC12)CC. The van der Waals surface area contributed by atoms with Crippen molar-refractivity contribution < 1.29 is 19.5 Å². The summed E-state index contributed by atoms with van der Waals surface area (Å²) in [6, 6.07) is -0.361. The fourth-order valence-electron chi connectivity index (χ4n) is 4.93. The Morgan fingerprint density at radius 2 is 1.86 bits per heavy atom. The first-order valence-corrected chi connectivity index (χ1v) is 13.4.